The maximum Gasteiger partial charge on any atom is 0.232 e. The molecule has 4 heteroatoms. The number of rotatable bonds is 3. The van der Waals surface area contributed by atoms with Crippen molar-refractivity contribution in [2.45, 2.75) is 25.8 Å². The van der Waals surface area contributed by atoms with Gasteiger partial charge in [0, 0.05) is 6.20 Å². The van der Waals surface area contributed by atoms with Crippen molar-refractivity contribution in [2.75, 3.05) is 0 Å². The van der Waals surface area contributed by atoms with Crippen molar-refractivity contribution < 1.29 is 4.74 Å². The summed E-state index contributed by atoms with van der Waals surface area (Å²) in [6.45, 7) is 3.88. The average molecular weight is 187 g/mol. The molecule has 1 aromatic rings. The highest BCUT2D eigenvalue weighted by Crippen LogP contribution is 2.08. The fourth-order valence-electron chi connectivity index (χ4n) is 0.749. The fourth-order valence-corrected chi connectivity index (χ4v) is 0.878. The summed E-state index contributed by atoms with van der Waals surface area (Å²) in [5, 5.41) is 0. The molecule has 0 bridgehead atoms. The van der Waals surface area contributed by atoms with E-state index in [1.807, 2.05) is 13.8 Å². The molecule has 0 saturated heterocycles. The van der Waals surface area contributed by atoms with Crippen LogP contribution in [0.4, 0.5) is 0 Å². The number of hydrogen-bond acceptors (Lipinski definition) is 3. The Kier molecular flexibility index (Phi) is 3.29. The summed E-state index contributed by atoms with van der Waals surface area (Å²) in [6.07, 6.45) is 3.32. The van der Waals surface area contributed by atoms with E-state index in [9.17, 15) is 0 Å². The first-order chi connectivity index (χ1) is 5.72. The Morgan fingerprint density at radius 2 is 2.25 bits per heavy atom. The van der Waals surface area contributed by atoms with Gasteiger partial charge >= 0.3 is 0 Å². The zero-order chi connectivity index (χ0) is 8.97. The first kappa shape index (κ1) is 9.26. The predicted molar refractivity (Wildman–Crippen MR) is 47.4 cm³/mol. The average Bonchev–Trinajstić information content (AvgIpc) is 2.03. The molecule has 0 aliphatic rings. The summed E-state index contributed by atoms with van der Waals surface area (Å²) in [4.78, 5) is 8.05. The molecule has 3 nitrogen and oxygen atoms in total. The van der Waals surface area contributed by atoms with Crippen molar-refractivity contribution in [3.05, 3.63) is 18.1 Å². The standard InChI is InChI=1S/C8H11ClN2O/c1-6(2)12-8-5-10-4-7(3-9)11-8/h4-6H,3H2,1-2H3. The summed E-state index contributed by atoms with van der Waals surface area (Å²) in [7, 11) is 0. The molecule has 66 valence electrons. The van der Waals surface area contributed by atoms with Gasteiger partial charge in [-0.15, -0.1) is 11.6 Å². The fraction of sp³-hybridized carbons (Fsp3) is 0.500. The lowest BCUT2D eigenvalue weighted by Gasteiger charge is -2.07. The lowest BCUT2D eigenvalue weighted by molar-refractivity contribution is 0.231. The van der Waals surface area contributed by atoms with Gasteiger partial charge in [-0.2, -0.15) is 0 Å². The van der Waals surface area contributed by atoms with E-state index >= 15 is 0 Å². The minimum absolute atomic E-state index is 0.116. The van der Waals surface area contributed by atoms with Crippen LogP contribution in [0, 0.1) is 0 Å². The van der Waals surface area contributed by atoms with Crippen molar-refractivity contribution in [3.63, 3.8) is 0 Å². The van der Waals surface area contributed by atoms with Gasteiger partial charge in [0.05, 0.1) is 23.9 Å². The number of aromatic nitrogens is 2. The largest absolute Gasteiger partial charge is 0.474 e. The van der Waals surface area contributed by atoms with Gasteiger partial charge in [0.25, 0.3) is 0 Å². The van der Waals surface area contributed by atoms with E-state index in [-0.39, 0.29) is 6.10 Å². The van der Waals surface area contributed by atoms with Crippen LogP contribution in [-0.2, 0) is 5.88 Å². The van der Waals surface area contributed by atoms with Gasteiger partial charge in [0.2, 0.25) is 5.88 Å². The van der Waals surface area contributed by atoms with Crippen LogP contribution in [0.1, 0.15) is 19.5 Å². The summed E-state index contributed by atoms with van der Waals surface area (Å²) in [5.41, 5.74) is 0.731. The molecule has 1 rings (SSSR count). The molecule has 0 radical (unpaired) electrons. The van der Waals surface area contributed by atoms with Gasteiger partial charge in [0.15, 0.2) is 0 Å². The smallest absolute Gasteiger partial charge is 0.232 e. The molecule has 0 aromatic carbocycles. The van der Waals surface area contributed by atoms with E-state index in [4.69, 9.17) is 16.3 Å². The third-order valence-corrected chi connectivity index (χ3v) is 1.43. The molecular formula is C8H11ClN2O. The molecule has 0 atom stereocenters. The molecule has 1 aromatic heterocycles. The molecule has 0 fully saturated rings. The van der Waals surface area contributed by atoms with Crippen LogP contribution in [0.3, 0.4) is 0 Å². The number of alkyl halides is 1. The second-order valence-corrected chi connectivity index (χ2v) is 2.92. The topological polar surface area (TPSA) is 35.0 Å². The predicted octanol–water partition coefficient (Wildman–Crippen LogP) is 2.00. The monoisotopic (exact) mass is 186 g/mol. The van der Waals surface area contributed by atoms with Crippen LogP contribution in [0.2, 0.25) is 0 Å². The SMILES string of the molecule is CC(C)Oc1cncc(CCl)n1. The van der Waals surface area contributed by atoms with Crippen LogP contribution in [0.15, 0.2) is 12.4 Å². The van der Waals surface area contributed by atoms with Gasteiger partial charge in [-0.05, 0) is 13.8 Å². The molecule has 0 saturated carbocycles. The second-order valence-electron chi connectivity index (χ2n) is 2.65. The number of ether oxygens (including phenoxy) is 1. The van der Waals surface area contributed by atoms with Gasteiger partial charge in [-0.1, -0.05) is 0 Å². The Labute approximate surface area is 76.7 Å². The molecule has 0 unspecified atom stereocenters. The lowest BCUT2D eigenvalue weighted by Crippen LogP contribution is -2.07. The maximum atomic E-state index is 5.58. The Balaban J connectivity index is 2.72. The van der Waals surface area contributed by atoms with Crippen molar-refractivity contribution in [1.29, 1.82) is 0 Å². The Bertz CT molecular complexity index is 253. The first-order valence-corrected chi connectivity index (χ1v) is 4.29. The van der Waals surface area contributed by atoms with Crippen molar-refractivity contribution in [2.24, 2.45) is 0 Å². The van der Waals surface area contributed by atoms with Crippen molar-refractivity contribution >= 4 is 11.6 Å². The molecule has 12 heavy (non-hydrogen) atoms. The number of nitrogens with zero attached hydrogens (tertiary/aromatic N) is 2. The third-order valence-electron chi connectivity index (χ3n) is 1.16. The van der Waals surface area contributed by atoms with Crippen molar-refractivity contribution in [1.82, 2.24) is 9.97 Å². The Morgan fingerprint density at radius 1 is 1.50 bits per heavy atom. The number of halogens is 1. The zero-order valence-electron chi connectivity index (χ0n) is 7.12. The van der Waals surface area contributed by atoms with E-state index in [1.54, 1.807) is 12.4 Å². The van der Waals surface area contributed by atoms with E-state index in [0.29, 0.717) is 11.8 Å². The van der Waals surface area contributed by atoms with Crippen molar-refractivity contribution in [3.8, 4) is 5.88 Å². The lowest BCUT2D eigenvalue weighted by atomic mass is 10.5. The van der Waals surface area contributed by atoms with Crippen LogP contribution >= 0.6 is 11.6 Å². The molecule has 0 amide bonds. The zero-order valence-corrected chi connectivity index (χ0v) is 7.88. The maximum absolute atomic E-state index is 5.58. The third kappa shape index (κ3) is 2.66. The molecule has 1 heterocycles. The quantitative estimate of drug-likeness (QED) is 0.678. The normalized spacial score (nSPS) is 10.3. The summed E-state index contributed by atoms with van der Waals surface area (Å²) < 4.78 is 5.32. The minimum Gasteiger partial charge on any atom is -0.474 e. The van der Waals surface area contributed by atoms with Crippen LogP contribution < -0.4 is 4.74 Å². The van der Waals surface area contributed by atoms with E-state index in [1.165, 1.54) is 0 Å². The van der Waals surface area contributed by atoms with Gasteiger partial charge in [0.1, 0.15) is 0 Å². The minimum atomic E-state index is 0.116. The van der Waals surface area contributed by atoms with Crippen LogP contribution in [0.5, 0.6) is 5.88 Å². The summed E-state index contributed by atoms with van der Waals surface area (Å²) in [6, 6.07) is 0. The van der Waals surface area contributed by atoms with Crippen LogP contribution in [0.25, 0.3) is 0 Å². The first-order valence-electron chi connectivity index (χ1n) is 3.76. The van der Waals surface area contributed by atoms with Crippen LogP contribution in [-0.4, -0.2) is 16.1 Å². The molecule has 0 aliphatic heterocycles. The van der Waals surface area contributed by atoms with E-state index in [2.05, 4.69) is 9.97 Å². The highest BCUT2D eigenvalue weighted by Gasteiger charge is 2.00. The van der Waals surface area contributed by atoms with E-state index in [0.717, 1.165) is 5.69 Å². The molecule has 0 aliphatic carbocycles. The molecular weight excluding hydrogens is 176 g/mol. The van der Waals surface area contributed by atoms with Gasteiger partial charge in [-0.3, -0.25) is 4.98 Å². The highest BCUT2D eigenvalue weighted by molar-refractivity contribution is 6.16. The second kappa shape index (κ2) is 4.26. The molecule has 0 spiro atoms. The van der Waals surface area contributed by atoms with Gasteiger partial charge < -0.3 is 4.74 Å². The summed E-state index contributed by atoms with van der Waals surface area (Å²) >= 11 is 5.58. The Morgan fingerprint density at radius 3 is 2.83 bits per heavy atom. The number of hydrogen-bond donors (Lipinski definition) is 0. The highest BCUT2D eigenvalue weighted by atomic mass is 35.5. The molecule has 0 N–H and O–H groups in total. The van der Waals surface area contributed by atoms with E-state index < -0.39 is 0 Å². The van der Waals surface area contributed by atoms with Gasteiger partial charge in [-0.25, -0.2) is 4.98 Å². The Hall–Kier alpha value is -0.830. The summed E-state index contributed by atoms with van der Waals surface area (Å²) in [5.74, 6) is 0.894.